The van der Waals surface area contributed by atoms with Crippen molar-refractivity contribution in [3.05, 3.63) is 63.3 Å². The molecule has 0 bridgehead atoms. The maximum Gasteiger partial charge on any atom is 0.416 e. The number of H-pyrrole nitrogens is 1. The summed E-state index contributed by atoms with van der Waals surface area (Å²) in [5.74, 6) is 0.514. The highest BCUT2D eigenvalue weighted by atomic mass is 19.4. The molecule has 0 saturated carbocycles. The van der Waals surface area contributed by atoms with E-state index in [1.165, 1.54) is 36.4 Å². The Balaban J connectivity index is 2.40. The second kappa shape index (κ2) is 6.17. The number of aromatic nitrogens is 2. The minimum atomic E-state index is -4.42. The molecule has 1 heterocycles. The first-order valence-electron chi connectivity index (χ1n) is 6.73. The highest BCUT2D eigenvalue weighted by molar-refractivity contribution is 5.70. The first kappa shape index (κ1) is 16.0. The summed E-state index contributed by atoms with van der Waals surface area (Å²) in [5.41, 5.74) is -0.699. The van der Waals surface area contributed by atoms with Gasteiger partial charge in [-0.2, -0.15) is 13.2 Å². The predicted octanol–water partition coefficient (Wildman–Crippen LogP) is 4.08. The summed E-state index contributed by atoms with van der Waals surface area (Å²) in [7, 11) is 0. The Morgan fingerprint density at radius 1 is 1.18 bits per heavy atom. The molecular weight excluding hydrogens is 293 g/mol. The summed E-state index contributed by atoms with van der Waals surface area (Å²) >= 11 is 0. The third kappa shape index (κ3) is 3.84. The normalized spacial score (nSPS) is 12.3. The average molecular weight is 308 g/mol. The van der Waals surface area contributed by atoms with Gasteiger partial charge in [0.2, 0.25) is 0 Å². The van der Waals surface area contributed by atoms with Crippen LogP contribution < -0.4 is 5.56 Å². The smallest absolute Gasteiger partial charge is 0.310 e. The van der Waals surface area contributed by atoms with Crippen molar-refractivity contribution in [3.8, 4) is 0 Å². The zero-order valence-electron chi connectivity index (χ0n) is 12.1. The Bertz CT molecular complexity index is 746. The number of aromatic amines is 1. The summed E-state index contributed by atoms with van der Waals surface area (Å²) in [6, 6.07) is 6.50. The molecule has 2 rings (SSSR count). The number of hydrogen-bond acceptors (Lipinski definition) is 2. The van der Waals surface area contributed by atoms with E-state index in [9.17, 15) is 18.0 Å². The van der Waals surface area contributed by atoms with Crippen LogP contribution in [0, 0.1) is 0 Å². The lowest BCUT2D eigenvalue weighted by atomic mass is 10.1. The minimum Gasteiger partial charge on any atom is -0.310 e. The van der Waals surface area contributed by atoms with Crippen molar-refractivity contribution in [2.75, 3.05) is 0 Å². The second-order valence-corrected chi connectivity index (χ2v) is 5.13. The third-order valence-electron chi connectivity index (χ3n) is 3.03. The Morgan fingerprint density at radius 2 is 1.86 bits per heavy atom. The standard InChI is InChI=1S/C16H15F3N2O/c1-10(2)15-20-12(9-14(22)21-15)8-7-11-5-3-4-6-13(11)16(17,18)19/h3-10H,1-2H3,(H,20,21,22)/b8-7+. The number of benzene rings is 1. The number of halogens is 3. The van der Waals surface area contributed by atoms with E-state index >= 15 is 0 Å². The van der Waals surface area contributed by atoms with Gasteiger partial charge in [-0.25, -0.2) is 4.98 Å². The van der Waals surface area contributed by atoms with E-state index in [4.69, 9.17) is 0 Å². The minimum absolute atomic E-state index is 0.0171. The van der Waals surface area contributed by atoms with Crippen LogP contribution >= 0.6 is 0 Å². The van der Waals surface area contributed by atoms with E-state index in [2.05, 4.69) is 9.97 Å². The SMILES string of the molecule is CC(C)c1nc(/C=C/c2ccccc2C(F)(F)F)cc(=O)[nH]1. The van der Waals surface area contributed by atoms with E-state index in [-0.39, 0.29) is 17.0 Å². The summed E-state index contributed by atoms with van der Waals surface area (Å²) in [6.45, 7) is 3.73. The van der Waals surface area contributed by atoms with Crippen LogP contribution in [0.25, 0.3) is 12.2 Å². The molecule has 1 N–H and O–H groups in total. The van der Waals surface area contributed by atoms with E-state index in [1.807, 2.05) is 13.8 Å². The predicted molar refractivity (Wildman–Crippen MR) is 79.3 cm³/mol. The van der Waals surface area contributed by atoms with Crippen molar-refractivity contribution >= 4 is 12.2 Å². The fraction of sp³-hybridized carbons (Fsp3) is 0.250. The number of rotatable bonds is 3. The third-order valence-corrected chi connectivity index (χ3v) is 3.03. The Labute approximate surface area is 125 Å². The van der Waals surface area contributed by atoms with Crippen LogP contribution in [0.5, 0.6) is 0 Å². The van der Waals surface area contributed by atoms with Gasteiger partial charge in [0.1, 0.15) is 5.82 Å². The molecule has 22 heavy (non-hydrogen) atoms. The van der Waals surface area contributed by atoms with Crippen molar-refractivity contribution < 1.29 is 13.2 Å². The van der Waals surface area contributed by atoms with Gasteiger partial charge in [0.25, 0.3) is 5.56 Å². The summed E-state index contributed by atoms with van der Waals surface area (Å²) < 4.78 is 38.7. The zero-order chi connectivity index (χ0) is 16.3. The monoisotopic (exact) mass is 308 g/mol. The quantitative estimate of drug-likeness (QED) is 0.928. The molecule has 1 aromatic heterocycles. The van der Waals surface area contributed by atoms with Gasteiger partial charge in [-0.3, -0.25) is 4.79 Å². The molecule has 2 aromatic rings. The maximum atomic E-state index is 12.9. The van der Waals surface area contributed by atoms with Crippen LogP contribution in [0.15, 0.2) is 35.1 Å². The lowest BCUT2D eigenvalue weighted by Gasteiger charge is -2.09. The van der Waals surface area contributed by atoms with E-state index in [0.29, 0.717) is 11.5 Å². The molecule has 0 atom stereocenters. The van der Waals surface area contributed by atoms with E-state index in [0.717, 1.165) is 6.07 Å². The number of alkyl halides is 3. The van der Waals surface area contributed by atoms with Crippen LogP contribution in [-0.4, -0.2) is 9.97 Å². The molecule has 116 valence electrons. The largest absolute Gasteiger partial charge is 0.416 e. The molecule has 0 aliphatic heterocycles. The highest BCUT2D eigenvalue weighted by Gasteiger charge is 2.32. The van der Waals surface area contributed by atoms with Gasteiger partial charge >= 0.3 is 6.18 Å². The summed E-state index contributed by atoms with van der Waals surface area (Å²) in [5, 5.41) is 0. The van der Waals surface area contributed by atoms with Gasteiger partial charge in [0.15, 0.2) is 0 Å². The Morgan fingerprint density at radius 3 is 2.50 bits per heavy atom. The van der Waals surface area contributed by atoms with Crippen LogP contribution in [0.1, 0.15) is 42.4 Å². The lowest BCUT2D eigenvalue weighted by Crippen LogP contribution is -2.12. The van der Waals surface area contributed by atoms with Crippen LogP contribution in [-0.2, 0) is 6.18 Å². The topological polar surface area (TPSA) is 45.8 Å². The van der Waals surface area contributed by atoms with Crippen LogP contribution in [0.3, 0.4) is 0 Å². The van der Waals surface area contributed by atoms with Crippen molar-refractivity contribution in [1.82, 2.24) is 9.97 Å². The molecule has 0 aliphatic carbocycles. The van der Waals surface area contributed by atoms with E-state index in [1.54, 1.807) is 0 Å². The lowest BCUT2D eigenvalue weighted by molar-refractivity contribution is -0.137. The zero-order valence-corrected chi connectivity index (χ0v) is 12.1. The van der Waals surface area contributed by atoms with Crippen molar-refractivity contribution in [1.29, 1.82) is 0 Å². The van der Waals surface area contributed by atoms with Gasteiger partial charge in [-0.05, 0) is 17.7 Å². The highest BCUT2D eigenvalue weighted by Crippen LogP contribution is 2.32. The van der Waals surface area contributed by atoms with Crippen molar-refractivity contribution in [3.63, 3.8) is 0 Å². The van der Waals surface area contributed by atoms with Gasteiger partial charge in [0, 0.05) is 12.0 Å². The number of hydrogen-bond donors (Lipinski definition) is 1. The second-order valence-electron chi connectivity index (χ2n) is 5.13. The molecule has 6 heteroatoms. The molecule has 1 aromatic carbocycles. The van der Waals surface area contributed by atoms with Gasteiger partial charge in [0.05, 0.1) is 11.3 Å². The first-order valence-corrected chi connectivity index (χ1v) is 6.73. The fourth-order valence-corrected chi connectivity index (χ4v) is 1.93. The Kier molecular flexibility index (Phi) is 4.49. The Hall–Kier alpha value is -2.37. The molecule has 0 radical (unpaired) electrons. The average Bonchev–Trinajstić information content (AvgIpc) is 2.44. The van der Waals surface area contributed by atoms with E-state index < -0.39 is 11.7 Å². The maximum absolute atomic E-state index is 12.9. The molecule has 0 unspecified atom stereocenters. The number of nitrogens with zero attached hydrogens (tertiary/aromatic N) is 1. The van der Waals surface area contributed by atoms with Crippen LogP contribution in [0.2, 0.25) is 0 Å². The summed E-state index contributed by atoms with van der Waals surface area (Å²) in [6.07, 6.45) is -1.70. The number of nitrogens with one attached hydrogen (secondary N) is 1. The molecule has 0 spiro atoms. The molecule has 0 amide bonds. The first-order chi connectivity index (χ1) is 10.3. The van der Waals surface area contributed by atoms with Gasteiger partial charge < -0.3 is 4.98 Å². The molecule has 0 saturated heterocycles. The van der Waals surface area contributed by atoms with Crippen molar-refractivity contribution in [2.45, 2.75) is 25.9 Å². The fourth-order valence-electron chi connectivity index (χ4n) is 1.93. The van der Waals surface area contributed by atoms with Gasteiger partial charge in [-0.15, -0.1) is 0 Å². The van der Waals surface area contributed by atoms with Crippen molar-refractivity contribution in [2.24, 2.45) is 0 Å². The molecular formula is C16H15F3N2O. The molecule has 0 fully saturated rings. The summed E-state index contributed by atoms with van der Waals surface area (Å²) in [4.78, 5) is 18.4. The molecule has 3 nitrogen and oxygen atoms in total. The van der Waals surface area contributed by atoms with Crippen LogP contribution in [0.4, 0.5) is 13.2 Å². The molecule has 0 aliphatic rings. The van der Waals surface area contributed by atoms with Gasteiger partial charge in [-0.1, -0.05) is 38.1 Å².